The molecule has 1 aliphatic heterocycles. The van der Waals surface area contributed by atoms with Gasteiger partial charge in [0.25, 0.3) is 12.3 Å². The van der Waals surface area contributed by atoms with Crippen molar-refractivity contribution in [2.45, 2.75) is 25.4 Å². The van der Waals surface area contributed by atoms with Crippen LogP contribution in [-0.4, -0.2) is 38.2 Å². The molecule has 1 aromatic carbocycles. The number of hydrogen-bond donors (Lipinski definition) is 1. The molecule has 0 saturated carbocycles. The summed E-state index contributed by atoms with van der Waals surface area (Å²) in [6.45, 7) is 0.393. The molecule has 1 heterocycles. The third-order valence-corrected chi connectivity index (χ3v) is 3.45. The summed E-state index contributed by atoms with van der Waals surface area (Å²) in [7, 11) is 0. The summed E-state index contributed by atoms with van der Waals surface area (Å²) < 4.78 is 34.4. The smallest absolute Gasteiger partial charge is 0.272 e. The highest BCUT2D eigenvalue weighted by Crippen LogP contribution is 2.16. The van der Waals surface area contributed by atoms with Crippen molar-refractivity contribution < 1.29 is 23.0 Å². The third kappa shape index (κ3) is 5.63. The zero-order chi connectivity index (χ0) is 17.4. The molecule has 0 aliphatic carbocycles. The van der Waals surface area contributed by atoms with Gasteiger partial charge in [0.15, 0.2) is 0 Å². The van der Waals surface area contributed by atoms with Crippen molar-refractivity contribution >= 4 is 12.0 Å². The fourth-order valence-electron chi connectivity index (χ4n) is 2.24. The molecule has 128 valence electrons. The summed E-state index contributed by atoms with van der Waals surface area (Å²) in [5, 5.41) is 11.8. The van der Waals surface area contributed by atoms with Crippen LogP contribution in [0.3, 0.4) is 0 Å². The zero-order valence-electron chi connectivity index (χ0n) is 13.0. The average molecular weight is 336 g/mol. The Labute approximate surface area is 138 Å². The van der Waals surface area contributed by atoms with Gasteiger partial charge < -0.3 is 14.8 Å². The summed E-state index contributed by atoms with van der Waals surface area (Å²) in [6, 6.07) is 8.05. The van der Waals surface area contributed by atoms with Crippen molar-refractivity contribution in [3.63, 3.8) is 0 Å². The van der Waals surface area contributed by atoms with Crippen LogP contribution in [0.2, 0.25) is 0 Å². The Morgan fingerprint density at radius 1 is 1.46 bits per heavy atom. The maximum Gasteiger partial charge on any atom is 0.272 e. The van der Waals surface area contributed by atoms with Crippen LogP contribution in [0.15, 0.2) is 29.8 Å². The number of hydrogen-bond acceptors (Lipinski definition) is 4. The summed E-state index contributed by atoms with van der Waals surface area (Å²) in [5.74, 6) is -0.167. The van der Waals surface area contributed by atoms with Crippen LogP contribution >= 0.6 is 0 Å². The Morgan fingerprint density at radius 3 is 2.79 bits per heavy atom. The van der Waals surface area contributed by atoms with E-state index in [9.17, 15) is 13.6 Å². The van der Waals surface area contributed by atoms with Gasteiger partial charge in [-0.25, -0.2) is 8.78 Å². The molecule has 1 aromatic rings. The molecule has 1 fully saturated rings. The molecular formula is C17H18F2N2O3. The van der Waals surface area contributed by atoms with Crippen LogP contribution in [0.4, 0.5) is 8.78 Å². The molecule has 7 heteroatoms. The molecule has 0 radical (unpaired) electrons. The van der Waals surface area contributed by atoms with Crippen LogP contribution in [0.25, 0.3) is 6.08 Å². The molecule has 2 rings (SSSR count). The summed E-state index contributed by atoms with van der Waals surface area (Å²) in [4.78, 5) is 12.0. The average Bonchev–Trinajstić information content (AvgIpc) is 3.10. The van der Waals surface area contributed by atoms with E-state index in [1.54, 1.807) is 12.1 Å². The molecule has 1 unspecified atom stereocenters. The van der Waals surface area contributed by atoms with Gasteiger partial charge in [0.2, 0.25) is 0 Å². The summed E-state index contributed by atoms with van der Waals surface area (Å²) in [5.41, 5.74) is 0.567. The Kier molecular flexibility index (Phi) is 6.70. The van der Waals surface area contributed by atoms with Crippen molar-refractivity contribution in [1.82, 2.24) is 5.32 Å². The lowest BCUT2D eigenvalue weighted by Crippen LogP contribution is -2.32. The van der Waals surface area contributed by atoms with Crippen LogP contribution in [0.5, 0.6) is 5.75 Å². The minimum atomic E-state index is -2.54. The SMILES string of the molecule is N#C/C(=C/c1ccc(OCC(F)F)cc1)C(=O)NCC1CCCO1. The number of ether oxygens (including phenoxy) is 2. The van der Waals surface area contributed by atoms with Gasteiger partial charge in [-0.3, -0.25) is 4.79 Å². The lowest BCUT2D eigenvalue weighted by atomic mass is 10.1. The second-order valence-corrected chi connectivity index (χ2v) is 5.29. The maximum absolute atomic E-state index is 12.1. The Hall–Kier alpha value is -2.46. The number of nitrogens with one attached hydrogen (secondary N) is 1. The van der Waals surface area contributed by atoms with E-state index in [0.29, 0.717) is 24.5 Å². The zero-order valence-corrected chi connectivity index (χ0v) is 13.0. The van der Waals surface area contributed by atoms with Crippen LogP contribution in [0.1, 0.15) is 18.4 Å². The number of halogens is 2. The number of alkyl halides is 2. The Balaban J connectivity index is 1.93. The van der Waals surface area contributed by atoms with Gasteiger partial charge in [0.05, 0.1) is 6.10 Å². The van der Waals surface area contributed by atoms with E-state index in [0.717, 1.165) is 12.8 Å². The van der Waals surface area contributed by atoms with Crippen molar-refractivity contribution in [2.75, 3.05) is 19.8 Å². The number of carbonyl (C=O) groups excluding carboxylic acids is 1. The van der Waals surface area contributed by atoms with E-state index in [2.05, 4.69) is 5.32 Å². The highest BCUT2D eigenvalue weighted by molar-refractivity contribution is 6.01. The molecule has 1 atom stereocenters. The predicted molar refractivity (Wildman–Crippen MR) is 83.5 cm³/mol. The van der Waals surface area contributed by atoms with Gasteiger partial charge >= 0.3 is 0 Å². The third-order valence-electron chi connectivity index (χ3n) is 3.45. The first-order chi connectivity index (χ1) is 11.6. The number of benzene rings is 1. The fraction of sp³-hybridized carbons (Fsp3) is 0.412. The number of carbonyl (C=O) groups is 1. The second kappa shape index (κ2) is 8.99. The molecule has 1 aliphatic rings. The van der Waals surface area contributed by atoms with E-state index < -0.39 is 18.9 Å². The molecule has 0 bridgehead atoms. The highest BCUT2D eigenvalue weighted by atomic mass is 19.3. The van der Waals surface area contributed by atoms with Gasteiger partial charge in [-0.15, -0.1) is 0 Å². The topological polar surface area (TPSA) is 71.3 Å². The predicted octanol–water partition coefficient (Wildman–Crippen LogP) is 2.53. The van der Waals surface area contributed by atoms with Crippen molar-refractivity contribution in [3.05, 3.63) is 35.4 Å². The van der Waals surface area contributed by atoms with Gasteiger partial charge in [-0.05, 0) is 36.6 Å². The molecule has 0 spiro atoms. The number of nitriles is 1. The van der Waals surface area contributed by atoms with E-state index in [1.807, 2.05) is 6.07 Å². The largest absolute Gasteiger partial charge is 0.488 e. The second-order valence-electron chi connectivity index (χ2n) is 5.29. The van der Waals surface area contributed by atoms with E-state index >= 15 is 0 Å². The van der Waals surface area contributed by atoms with Crippen molar-refractivity contribution in [1.29, 1.82) is 5.26 Å². The van der Waals surface area contributed by atoms with Gasteiger partial charge in [-0.2, -0.15) is 5.26 Å². The molecular weight excluding hydrogens is 318 g/mol. The molecule has 1 amide bonds. The van der Waals surface area contributed by atoms with Gasteiger partial charge in [0.1, 0.15) is 24.0 Å². The van der Waals surface area contributed by atoms with E-state index in [1.165, 1.54) is 18.2 Å². The minimum absolute atomic E-state index is 0.000148. The first kappa shape index (κ1) is 17.9. The minimum Gasteiger partial charge on any atom is -0.488 e. The lowest BCUT2D eigenvalue weighted by Gasteiger charge is -2.10. The fourth-order valence-corrected chi connectivity index (χ4v) is 2.24. The van der Waals surface area contributed by atoms with Crippen molar-refractivity contribution in [3.8, 4) is 11.8 Å². The number of rotatable bonds is 7. The lowest BCUT2D eigenvalue weighted by molar-refractivity contribution is -0.117. The maximum atomic E-state index is 12.1. The quantitative estimate of drug-likeness (QED) is 0.613. The molecule has 1 saturated heterocycles. The summed E-state index contributed by atoms with van der Waals surface area (Å²) in [6.07, 6.45) is 0.761. The van der Waals surface area contributed by atoms with Crippen LogP contribution in [0, 0.1) is 11.3 Å². The van der Waals surface area contributed by atoms with E-state index in [4.69, 9.17) is 14.7 Å². The number of nitrogens with zero attached hydrogens (tertiary/aromatic N) is 1. The Bertz CT molecular complexity index is 618. The Morgan fingerprint density at radius 2 is 2.21 bits per heavy atom. The van der Waals surface area contributed by atoms with Crippen LogP contribution in [-0.2, 0) is 9.53 Å². The summed E-state index contributed by atoms with van der Waals surface area (Å²) >= 11 is 0. The first-order valence-electron chi connectivity index (χ1n) is 7.61. The molecule has 5 nitrogen and oxygen atoms in total. The van der Waals surface area contributed by atoms with E-state index in [-0.39, 0.29) is 11.7 Å². The normalized spacial score (nSPS) is 17.6. The number of amides is 1. The highest BCUT2D eigenvalue weighted by Gasteiger charge is 2.17. The monoisotopic (exact) mass is 336 g/mol. The standard InChI is InChI=1S/C17H18F2N2O3/c18-16(19)11-24-14-5-3-12(4-6-14)8-13(9-20)17(22)21-10-15-2-1-7-23-15/h3-6,8,15-16H,1-2,7,10-11H2,(H,21,22)/b13-8-. The van der Waals surface area contributed by atoms with Crippen molar-refractivity contribution in [2.24, 2.45) is 0 Å². The molecule has 24 heavy (non-hydrogen) atoms. The first-order valence-corrected chi connectivity index (χ1v) is 7.61. The van der Waals surface area contributed by atoms with Crippen LogP contribution < -0.4 is 10.1 Å². The molecule has 0 aromatic heterocycles. The van der Waals surface area contributed by atoms with Gasteiger partial charge in [-0.1, -0.05) is 12.1 Å². The van der Waals surface area contributed by atoms with Gasteiger partial charge in [0, 0.05) is 13.2 Å². The molecule has 1 N–H and O–H groups in total.